The standard InChI is InChI=1S/C16H15NO/c1-9-10(2)13-14(17-15(18)16(13,3)4)12-8-6-5-7-11(9)12/h5-8H,1H2,2-4H3. The highest BCUT2D eigenvalue weighted by Gasteiger charge is 2.37. The molecule has 0 unspecified atom stereocenters. The molecule has 0 aromatic heterocycles. The third-order valence-corrected chi connectivity index (χ3v) is 3.94. The maximum atomic E-state index is 12.1. The van der Waals surface area contributed by atoms with E-state index in [0.29, 0.717) is 0 Å². The fraction of sp³-hybridized carbons (Fsp3) is 0.250. The van der Waals surface area contributed by atoms with Crippen LogP contribution < -0.4 is 10.6 Å². The Morgan fingerprint density at radius 2 is 1.78 bits per heavy atom. The molecule has 2 aromatic rings. The zero-order valence-electron chi connectivity index (χ0n) is 10.9. The molecule has 0 fully saturated rings. The van der Waals surface area contributed by atoms with E-state index in [-0.39, 0.29) is 5.91 Å². The maximum absolute atomic E-state index is 12.1. The number of carbonyl (C=O) groups is 1. The lowest BCUT2D eigenvalue weighted by Gasteiger charge is -2.19. The summed E-state index contributed by atoms with van der Waals surface area (Å²) in [6, 6.07) is 8.02. The highest BCUT2D eigenvalue weighted by Crippen LogP contribution is 2.29. The molecule has 0 N–H and O–H groups in total. The SMILES string of the molecule is C=c1c(C)c2c(c3ccccc13)=NC(=O)C2(C)C. The molecule has 2 nitrogen and oxygen atoms in total. The van der Waals surface area contributed by atoms with Gasteiger partial charge in [0.25, 0.3) is 5.91 Å². The number of hydrogen-bond donors (Lipinski definition) is 0. The van der Waals surface area contributed by atoms with Crippen molar-refractivity contribution < 1.29 is 4.79 Å². The molecule has 3 rings (SSSR count). The van der Waals surface area contributed by atoms with Gasteiger partial charge < -0.3 is 0 Å². The predicted octanol–water partition coefficient (Wildman–Crippen LogP) is 2.00. The lowest BCUT2D eigenvalue weighted by molar-refractivity contribution is -0.121. The van der Waals surface area contributed by atoms with Gasteiger partial charge in [0.1, 0.15) is 0 Å². The largest absolute Gasteiger partial charge is 0.272 e. The summed E-state index contributed by atoms with van der Waals surface area (Å²) < 4.78 is 0. The summed E-state index contributed by atoms with van der Waals surface area (Å²) in [6.45, 7) is 10.1. The molecule has 0 saturated carbocycles. The third kappa shape index (κ3) is 1.18. The molecule has 0 bridgehead atoms. The van der Waals surface area contributed by atoms with Crippen molar-refractivity contribution >= 4 is 23.3 Å². The van der Waals surface area contributed by atoms with Gasteiger partial charge in [-0.05, 0) is 42.5 Å². The van der Waals surface area contributed by atoms with E-state index in [4.69, 9.17) is 0 Å². The Kier molecular flexibility index (Phi) is 2.03. The molecular formula is C16H15NO. The molecule has 1 aliphatic heterocycles. The number of rotatable bonds is 0. The van der Waals surface area contributed by atoms with Crippen LogP contribution in [0.25, 0.3) is 17.4 Å². The molecule has 1 amide bonds. The number of benzene rings is 2. The van der Waals surface area contributed by atoms with Crippen LogP contribution in [0.4, 0.5) is 0 Å². The second-order valence-electron chi connectivity index (χ2n) is 5.41. The molecule has 18 heavy (non-hydrogen) atoms. The Morgan fingerprint density at radius 3 is 2.44 bits per heavy atom. The Hall–Kier alpha value is -1.96. The fourth-order valence-electron chi connectivity index (χ4n) is 2.85. The van der Waals surface area contributed by atoms with Gasteiger partial charge >= 0.3 is 0 Å². The van der Waals surface area contributed by atoms with E-state index in [9.17, 15) is 4.79 Å². The van der Waals surface area contributed by atoms with E-state index < -0.39 is 5.41 Å². The number of hydrogen-bond acceptors (Lipinski definition) is 1. The van der Waals surface area contributed by atoms with Crippen LogP contribution in [0.2, 0.25) is 0 Å². The average Bonchev–Trinajstić information content (AvgIpc) is 2.58. The first-order valence-electron chi connectivity index (χ1n) is 6.08. The minimum atomic E-state index is -0.532. The van der Waals surface area contributed by atoms with Crippen molar-refractivity contribution in [1.29, 1.82) is 0 Å². The highest BCUT2D eigenvalue weighted by atomic mass is 16.1. The molecule has 0 spiro atoms. The van der Waals surface area contributed by atoms with Crippen LogP contribution in [-0.4, -0.2) is 5.91 Å². The van der Waals surface area contributed by atoms with Crippen LogP contribution in [0.3, 0.4) is 0 Å². The second-order valence-corrected chi connectivity index (χ2v) is 5.41. The van der Waals surface area contributed by atoms with Crippen LogP contribution >= 0.6 is 0 Å². The van der Waals surface area contributed by atoms with Gasteiger partial charge in [-0.1, -0.05) is 30.8 Å². The summed E-state index contributed by atoms with van der Waals surface area (Å²) >= 11 is 0. The average molecular weight is 237 g/mol. The van der Waals surface area contributed by atoms with Crippen LogP contribution in [0.5, 0.6) is 0 Å². The summed E-state index contributed by atoms with van der Waals surface area (Å²) in [6.07, 6.45) is 0. The van der Waals surface area contributed by atoms with Crippen LogP contribution in [-0.2, 0) is 10.2 Å². The fourth-order valence-corrected chi connectivity index (χ4v) is 2.85. The summed E-state index contributed by atoms with van der Waals surface area (Å²) in [5.41, 5.74) is 1.59. The number of nitrogens with zero attached hydrogens (tertiary/aromatic N) is 1. The predicted molar refractivity (Wildman–Crippen MR) is 73.0 cm³/mol. The number of carbonyl (C=O) groups excluding carboxylic acids is 1. The van der Waals surface area contributed by atoms with Crippen molar-refractivity contribution in [2.24, 2.45) is 4.99 Å². The molecule has 90 valence electrons. The van der Waals surface area contributed by atoms with Crippen molar-refractivity contribution in [3.63, 3.8) is 0 Å². The minimum absolute atomic E-state index is 0.0589. The van der Waals surface area contributed by atoms with Crippen LogP contribution in [0.1, 0.15) is 25.0 Å². The van der Waals surface area contributed by atoms with E-state index in [2.05, 4.69) is 11.6 Å². The Morgan fingerprint density at radius 1 is 1.17 bits per heavy atom. The minimum Gasteiger partial charge on any atom is -0.272 e. The summed E-state index contributed by atoms with van der Waals surface area (Å²) in [5, 5.41) is 3.96. The first-order chi connectivity index (χ1) is 8.44. The second kappa shape index (κ2) is 3.29. The van der Waals surface area contributed by atoms with Crippen LogP contribution in [0, 0.1) is 6.92 Å². The zero-order valence-corrected chi connectivity index (χ0v) is 10.9. The molecule has 0 radical (unpaired) electrons. The number of fused-ring (bicyclic) bond motifs is 3. The topological polar surface area (TPSA) is 29.4 Å². The number of amides is 1. The highest BCUT2D eigenvalue weighted by molar-refractivity contribution is 5.96. The molecule has 1 heterocycles. The van der Waals surface area contributed by atoms with Gasteiger partial charge in [-0.15, -0.1) is 0 Å². The lowest BCUT2D eigenvalue weighted by atomic mass is 9.81. The smallest absolute Gasteiger partial charge is 0.256 e. The first kappa shape index (κ1) is 11.1. The van der Waals surface area contributed by atoms with Gasteiger partial charge in [-0.3, -0.25) is 4.79 Å². The van der Waals surface area contributed by atoms with Crippen molar-refractivity contribution in [2.75, 3.05) is 0 Å². The lowest BCUT2D eigenvalue weighted by Crippen LogP contribution is -2.30. The molecule has 0 saturated heterocycles. The first-order valence-corrected chi connectivity index (χ1v) is 6.08. The molecule has 2 heteroatoms. The van der Waals surface area contributed by atoms with Crippen molar-refractivity contribution in [2.45, 2.75) is 26.2 Å². The summed E-state index contributed by atoms with van der Waals surface area (Å²) in [5.74, 6) is -0.0589. The normalized spacial score (nSPS) is 16.7. The monoisotopic (exact) mass is 237 g/mol. The van der Waals surface area contributed by atoms with Gasteiger partial charge in [-0.25, -0.2) is 4.99 Å². The van der Waals surface area contributed by atoms with Crippen LogP contribution in [0.15, 0.2) is 29.3 Å². The van der Waals surface area contributed by atoms with E-state index in [1.54, 1.807) is 0 Å². The quantitative estimate of drug-likeness (QED) is 0.689. The van der Waals surface area contributed by atoms with Gasteiger partial charge in [-0.2, -0.15) is 0 Å². The van der Waals surface area contributed by atoms with E-state index in [0.717, 1.165) is 32.5 Å². The Bertz CT molecular complexity index is 800. The van der Waals surface area contributed by atoms with Crippen molar-refractivity contribution in [1.82, 2.24) is 0 Å². The molecule has 2 aromatic carbocycles. The van der Waals surface area contributed by atoms with Gasteiger partial charge in [0.15, 0.2) is 0 Å². The van der Waals surface area contributed by atoms with Gasteiger partial charge in [0.05, 0.1) is 10.8 Å². The molecule has 0 atom stereocenters. The van der Waals surface area contributed by atoms with Gasteiger partial charge in [0.2, 0.25) is 0 Å². The molecular weight excluding hydrogens is 222 g/mol. The maximum Gasteiger partial charge on any atom is 0.256 e. The zero-order chi connectivity index (χ0) is 13.1. The van der Waals surface area contributed by atoms with Crippen molar-refractivity contribution in [3.8, 4) is 0 Å². The molecule has 1 aliphatic rings. The summed E-state index contributed by atoms with van der Waals surface area (Å²) in [4.78, 5) is 16.3. The van der Waals surface area contributed by atoms with Crippen molar-refractivity contribution in [3.05, 3.63) is 46.0 Å². The van der Waals surface area contributed by atoms with E-state index in [1.165, 1.54) is 0 Å². The third-order valence-electron chi connectivity index (χ3n) is 3.94. The molecule has 0 aliphatic carbocycles. The Balaban J connectivity index is 2.66. The van der Waals surface area contributed by atoms with E-state index in [1.807, 2.05) is 45.0 Å². The van der Waals surface area contributed by atoms with Gasteiger partial charge in [0, 0.05) is 5.39 Å². The Labute approximate surface area is 106 Å². The van der Waals surface area contributed by atoms with E-state index >= 15 is 0 Å². The summed E-state index contributed by atoms with van der Waals surface area (Å²) in [7, 11) is 0.